The van der Waals surface area contributed by atoms with E-state index in [1.54, 1.807) is 35.2 Å². The first-order valence-electron chi connectivity index (χ1n) is 9.29. The van der Waals surface area contributed by atoms with Crippen molar-refractivity contribution in [1.29, 1.82) is 0 Å². The van der Waals surface area contributed by atoms with Crippen molar-refractivity contribution in [1.82, 2.24) is 10.2 Å². The number of benzene rings is 2. The molecule has 152 valence electrons. The number of nitrogens with one attached hydrogen (secondary N) is 2. The van der Waals surface area contributed by atoms with Gasteiger partial charge in [-0.2, -0.15) is 0 Å². The zero-order chi connectivity index (χ0) is 20.6. The number of aryl methyl sites for hydroxylation is 1. The second-order valence-electron chi connectivity index (χ2n) is 6.54. The van der Waals surface area contributed by atoms with Gasteiger partial charge < -0.3 is 19.7 Å². The van der Waals surface area contributed by atoms with Gasteiger partial charge in [-0.15, -0.1) is 0 Å². The van der Waals surface area contributed by atoms with Crippen molar-refractivity contribution in [2.75, 3.05) is 38.2 Å². The zero-order valence-corrected chi connectivity index (χ0v) is 17.0. The fourth-order valence-corrected chi connectivity index (χ4v) is 3.10. The summed E-state index contributed by atoms with van der Waals surface area (Å²) in [5.41, 5.74) is 2.12. The Morgan fingerprint density at radius 2 is 1.90 bits per heavy atom. The van der Waals surface area contributed by atoms with E-state index < -0.39 is 0 Å². The molecule has 0 unspecified atom stereocenters. The minimum atomic E-state index is -0.369. The summed E-state index contributed by atoms with van der Waals surface area (Å²) in [6.07, 6.45) is 0. The van der Waals surface area contributed by atoms with Gasteiger partial charge in [0.05, 0.1) is 13.2 Å². The lowest BCUT2D eigenvalue weighted by Gasteiger charge is -2.27. The zero-order valence-electron chi connectivity index (χ0n) is 16.1. The average molecular weight is 413 g/mol. The fourth-order valence-electron chi connectivity index (χ4n) is 2.87. The van der Waals surface area contributed by atoms with E-state index in [4.69, 9.17) is 21.7 Å². The monoisotopic (exact) mass is 413 g/mol. The Morgan fingerprint density at radius 1 is 1.14 bits per heavy atom. The Balaban J connectivity index is 1.51. The highest BCUT2D eigenvalue weighted by Crippen LogP contribution is 2.16. The molecule has 0 radical (unpaired) electrons. The predicted octanol–water partition coefficient (Wildman–Crippen LogP) is 2.36. The lowest BCUT2D eigenvalue weighted by atomic mass is 10.1. The van der Waals surface area contributed by atoms with Crippen LogP contribution in [0.25, 0.3) is 0 Å². The SMILES string of the molecule is Cc1ccccc1OCC(=O)NC(=S)Nc1cccc(C(=O)N2CCOCC2)c1. The fraction of sp³-hybridized carbons (Fsp3) is 0.286. The first-order valence-corrected chi connectivity index (χ1v) is 9.70. The second-order valence-corrected chi connectivity index (χ2v) is 6.95. The minimum Gasteiger partial charge on any atom is -0.483 e. The number of anilines is 1. The van der Waals surface area contributed by atoms with E-state index in [1.165, 1.54) is 0 Å². The third kappa shape index (κ3) is 6.00. The van der Waals surface area contributed by atoms with Gasteiger partial charge in [0, 0.05) is 24.3 Å². The van der Waals surface area contributed by atoms with Crippen LogP contribution in [0.1, 0.15) is 15.9 Å². The van der Waals surface area contributed by atoms with Crippen LogP contribution in [0.15, 0.2) is 48.5 Å². The lowest BCUT2D eigenvalue weighted by molar-refractivity contribution is -0.121. The van der Waals surface area contributed by atoms with Crippen molar-refractivity contribution >= 4 is 34.8 Å². The van der Waals surface area contributed by atoms with E-state index in [2.05, 4.69) is 10.6 Å². The number of carbonyl (C=O) groups excluding carboxylic acids is 2. The van der Waals surface area contributed by atoms with E-state index >= 15 is 0 Å². The van der Waals surface area contributed by atoms with Gasteiger partial charge in [-0.25, -0.2) is 0 Å². The van der Waals surface area contributed by atoms with Gasteiger partial charge in [-0.05, 0) is 49.0 Å². The molecule has 1 fully saturated rings. The number of amides is 2. The maximum Gasteiger partial charge on any atom is 0.264 e. The van der Waals surface area contributed by atoms with Gasteiger partial charge >= 0.3 is 0 Å². The molecule has 2 aromatic carbocycles. The summed E-state index contributed by atoms with van der Waals surface area (Å²) in [4.78, 5) is 26.4. The van der Waals surface area contributed by atoms with Crippen LogP contribution in [0.4, 0.5) is 5.69 Å². The topological polar surface area (TPSA) is 79.9 Å². The van der Waals surface area contributed by atoms with Gasteiger partial charge in [0.25, 0.3) is 11.8 Å². The number of rotatable bonds is 5. The summed E-state index contributed by atoms with van der Waals surface area (Å²) in [5.74, 6) is 0.223. The molecule has 29 heavy (non-hydrogen) atoms. The van der Waals surface area contributed by atoms with Crippen molar-refractivity contribution < 1.29 is 19.1 Å². The molecule has 2 aromatic rings. The van der Waals surface area contributed by atoms with Crippen molar-refractivity contribution in [3.8, 4) is 5.75 Å². The third-order valence-corrected chi connectivity index (χ3v) is 4.58. The number of nitrogens with zero attached hydrogens (tertiary/aromatic N) is 1. The van der Waals surface area contributed by atoms with Crippen molar-refractivity contribution in [2.45, 2.75) is 6.92 Å². The Kier molecular flexibility index (Phi) is 7.15. The minimum absolute atomic E-state index is 0.0569. The second kappa shape index (κ2) is 9.99. The Labute approximate surface area is 175 Å². The van der Waals surface area contributed by atoms with E-state index in [9.17, 15) is 9.59 Å². The number of hydrogen-bond donors (Lipinski definition) is 2. The van der Waals surface area contributed by atoms with E-state index in [0.717, 1.165) is 5.56 Å². The lowest BCUT2D eigenvalue weighted by Crippen LogP contribution is -2.40. The number of hydrogen-bond acceptors (Lipinski definition) is 5. The highest BCUT2D eigenvalue weighted by molar-refractivity contribution is 7.80. The molecule has 2 amide bonds. The molecule has 1 aliphatic rings. The molecule has 1 heterocycles. The van der Waals surface area contributed by atoms with Gasteiger partial charge in [0.1, 0.15) is 5.75 Å². The summed E-state index contributed by atoms with van der Waals surface area (Å²) >= 11 is 5.19. The molecular formula is C21H23N3O4S. The third-order valence-electron chi connectivity index (χ3n) is 4.37. The number of ether oxygens (including phenoxy) is 2. The summed E-state index contributed by atoms with van der Waals surface area (Å²) in [7, 11) is 0. The van der Waals surface area contributed by atoms with Crippen LogP contribution >= 0.6 is 12.2 Å². The summed E-state index contributed by atoms with van der Waals surface area (Å²) < 4.78 is 10.8. The van der Waals surface area contributed by atoms with Crippen LogP contribution in [0.2, 0.25) is 0 Å². The van der Waals surface area contributed by atoms with Gasteiger partial charge in [-0.1, -0.05) is 24.3 Å². The first-order chi connectivity index (χ1) is 14.0. The number of para-hydroxylation sites is 1. The standard InChI is InChI=1S/C21H23N3O4S/c1-15-5-2-3-8-18(15)28-14-19(25)23-21(29)22-17-7-4-6-16(13-17)20(26)24-9-11-27-12-10-24/h2-8,13H,9-12,14H2,1H3,(H2,22,23,25,29). The van der Waals surface area contributed by atoms with Crippen molar-refractivity contribution in [3.05, 3.63) is 59.7 Å². The highest BCUT2D eigenvalue weighted by Gasteiger charge is 2.18. The van der Waals surface area contributed by atoms with Crippen LogP contribution in [0, 0.1) is 6.92 Å². The molecule has 1 saturated heterocycles. The summed E-state index contributed by atoms with van der Waals surface area (Å²) in [6.45, 7) is 4.00. The van der Waals surface area contributed by atoms with Crippen LogP contribution < -0.4 is 15.4 Å². The number of carbonyl (C=O) groups is 2. The molecular weight excluding hydrogens is 390 g/mol. The molecule has 8 heteroatoms. The highest BCUT2D eigenvalue weighted by atomic mass is 32.1. The molecule has 0 spiro atoms. The molecule has 0 aromatic heterocycles. The van der Waals surface area contributed by atoms with E-state index in [0.29, 0.717) is 43.3 Å². The smallest absolute Gasteiger partial charge is 0.264 e. The Morgan fingerprint density at radius 3 is 2.66 bits per heavy atom. The molecule has 1 aliphatic heterocycles. The molecule has 0 atom stereocenters. The maximum atomic E-state index is 12.6. The molecule has 0 aliphatic carbocycles. The largest absolute Gasteiger partial charge is 0.483 e. The Hall–Kier alpha value is -2.97. The van der Waals surface area contributed by atoms with Crippen molar-refractivity contribution in [3.63, 3.8) is 0 Å². The van der Waals surface area contributed by atoms with Crippen LogP contribution in [-0.2, 0) is 9.53 Å². The van der Waals surface area contributed by atoms with Crippen LogP contribution in [0.5, 0.6) is 5.75 Å². The number of morpholine rings is 1. The van der Waals surface area contributed by atoms with E-state index in [-0.39, 0.29) is 23.5 Å². The molecule has 2 N–H and O–H groups in total. The maximum absolute atomic E-state index is 12.6. The van der Waals surface area contributed by atoms with Crippen LogP contribution in [0.3, 0.4) is 0 Å². The molecule has 0 bridgehead atoms. The summed E-state index contributed by atoms with van der Waals surface area (Å²) in [6, 6.07) is 14.5. The van der Waals surface area contributed by atoms with E-state index in [1.807, 2.05) is 25.1 Å². The van der Waals surface area contributed by atoms with Gasteiger partial charge in [0.15, 0.2) is 11.7 Å². The van der Waals surface area contributed by atoms with Crippen LogP contribution in [-0.4, -0.2) is 54.7 Å². The predicted molar refractivity (Wildman–Crippen MR) is 114 cm³/mol. The quantitative estimate of drug-likeness (QED) is 0.733. The first kappa shape index (κ1) is 20.8. The van der Waals surface area contributed by atoms with Gasteiger partial charge in [-0.3, -0.25) is 14.9 Å². The molecule has 0 saturated carbocycles. The normalized spacial score (nSPS) is 13.5. The molecule has 3 rings (SSSR count). The number of thiocarbonyl (C=S) groups is 1. The summed E-state index contributed by atoms with van der Waals surface area (Å²) in [5, 5.41) is 5.64. The van der Waals surface area contributed by atoms with Gasteiger partial charge in [0.2, 0.25) is 0 Å². The van der Waals surface area contributed by atoms with Crippen molar-refractivity contribution in [2.24, 2.45) is 0 Å². The molecule has 7 nitrogen and oxygen atoms in total. The average Bonchev–Trinajstić information content (AvgIpc) is 2.73. The Bertz CT molecular complexity index is 897.